The lowest BCUT2D eigenvalue weighted by Crippen LogP contribution is -2.22. The van der Waals surface area contributed by atoms with Crippen molar-refractivity contribution in [3.8, 4) is 0 Å². The van der Waals surface area contributed by atoms with Crippen molar-refractivity contribution in [3.05, 3.63) is 83.4 Å². The van der Waals surface area contributed by atoms with Gasteiger partial charge in [0.1, 0.15) is 0 Å². The highest BCUT2D eigenvalue weighted by Crippen LogP contribution is 2.44. The Balaban J connectivity index is 2.18. The van der Waals surface area contributed by atoms with Gasteiger partial charge in [0.2, 0.25) is 0 Å². The van der Waals surface area contributed by atoms with Crippen LogP contribution in [0.3, 0.4) is 0 Å². The molecule has 0 unspecified atom stereocenters. The SMILES string of the molecule is CC1=CC(c2ccccc2)(c2ccccc2)CC1. The minimum absolute atomic E-state index is 0.0899. The second-order valence-corrected chi connectivity index (χ2v) is 5.19. The minimum atomic E-state index is 0.0899. The van der Waals surface area contributed by atoms with E-state index in [9.17, 15) is 0 Å². The molecule has 0 amide bonds. The molecule has 0 spiro atoms. The van der Waals surface area contributed by atoms with Crippen LogP contribution in [0.2, 0.25) is 0 Å². The van der Waals surface area contributed by atoms with Crippen LogP contribution in [0.25, 0.3) is 0 Å². The van der Waals surface area contributed by atoms with Crippen molar-refractivity contribution in [3.63, 3.8) is 0 Å². The van der Waals surface area contributed by atoms with Crippen LogP contribution in [0, 0.1) is 0 Å². The summed E-state index contributed by atoms with van der Waals surface area (Å²) in [5, 5.41) is 0. The van der Waals surface area contributed by atoms with Gasteiger partial charge in [-0.2, -0.15) is 0 Å². The van der Waals surface area contributed by atoms with Gasteiger partial charge < -0.3 is 0 Å². The molecule has 1 aliphatic rings. The molecule has 0 aromatic heterocycles. The smallest absolute Gasteiger partial charge is 0.0387 e. The molecule has 0 saturated heterocycles. The molecule has 90 valence electrons. The monoisotopic (exact) mass is 234 g/mol. The van der Waals surface area contributed by atoms with Crippen LogP contribution in [0.1, 0.15) is 30.9 Å². The van der Waals surface area contributed by atoms with Crippen molar-refractivity contribution in [2.45, 2.75) is 25.2 Å². The molecule has 0 N–H and O–H groups in total. The van der Waals surface area contributed by atoms with E-state index in [1.807, 2.05) is 0 Å². The van der Waals surface area contributed by atoms with Gasteiger partial charge in [-0.05, 0) is 30.9 Å². The van der Waals surface area contributed by atoms with E-state index in [2.05, 4.69) is 73.7 Å². The molecule has 2 aromatic rings. The topological polar surface area (TPSA) is 0 Å². The molecular weight excluding hydrogens is 216 g/mol. The lowest BCUT2D eigenvalue weighted by atomic mass is 9.74. The first-order valence-corrected chi connectivity index (χ1v) is 6.61. The lowest BCUT2D eigenvalue weighted by Gasteiger charge is -2.29. The Bertz CT molecular complexity index is 510. The Morgan fingerprint density at radius 1 is 0.778 bits per heavy atom. The molecule has 3 rings (SSSR count). The van der Waals surface area contributed by atoms with Crippen molar-refractivity contribution in [1.29, 1.82) is 0 Å². The Kier molecular flexibility index (Phi) is 2.79. The Morgan fingerprint density at radius 2 is 1.28 bits per heavy atom. The normalized spacial score (nSPS) is 17.5. The van der Waals surface area contributed by atoms with Crippen LogP contribution in [0.15, 0.2) is 72.3 Å². The van der Waals surface area contributed by atoms with Crippen LogP contribution in [0.4, 0.5) is 0 Å². The van der Waals surface area contributed by atoms with Crippen LogP contribution in [-0.4, -0.2) is 0 Å². The van der Waals surface area contributed by atoms with Gasteiger partial charge in [0.25, 0.3) is 0 Å². The molecular formula is C18H18. The molecule has 0 bridgehead atoms. The molecule has 0 aliphatic heterocycles. The second-order valence-electron chi connectivity index (χ2n) is 5.19. The summed E-state index contributed by atoms with van der Waals surface area (Å²) in [6.07, 6.45) is 4.84. The third kappa shape index (κ3) is 1.78. The maximum Gasteiger partial charge on any atom is 0.0387 e. The van der Waals surface area contributed by atoms with Crippen LogP contribution in [-0.2, 0) is 5.41 Å². The van der Waals surface area contributed by atoms with E-state index in [0.717, 1.165) is 0 Å². The minimum Gasteiger partial charge on any atom is -0.0760 e. The fourth-order valence-corrected chi connectivity index (χ4v) is 3.05. The summed E-state index contributed by atoms with van der Waals surface area (Å²) in [6, 6.07) is 21.8. The number of hydrogen-bond donors (Lipinski definition) is 0. The van der Waals surface area contributed by atoms with E-state index in [1.54, 1.807) is 0 Å². The van der Waals surface area contributed by atoms with E-state index >= 15 is 0 Å². The average Bonchev–Trinajstić information content (AvgIpc) is 2.84. The first kappa shape index (κ1) is 11.3. The fourth-order valence-electron chi connectivity index (χ4n) is 3.05. The molecule has 0 heteroatoms. The summed E-state index contributed by atoms with van der Waals surface area (Å²) >= 11 is 0. The summed E-state index contributed by atoms with van der Waals surface area (Å²) in [7, 11) is 0. The average molecular weight is 234 g/mol. The second kappa shape index (κ2) is 4.45. The van der Waals surface area contributed by atoms with Gasteiger partial charge in [-0.3, -0.25) is 0 Å². The molecule has 18 heavy (non-hydrogen) atoms. The lowest BCUT2D eigenvalue weighted by molar-refractivity contribution is 0.622. The number of allylic oxidation sites excluding steroid dienone is 2. The van der Waals surface area contributed by atoms with Gasteiger partial charge in [0, 0.05) is 5.41 Å². The largest absolute Gasteiger partial charge is 0.0760 e. The van der Waals surface area contributed by atoms with Crippen molar-refractivity contribution in [2.24, 2.45) is 0 Å². The third-order valence-corrected chi connectivity index (χ3v) is 3.98. The van der Waals surface area contributed by atoms with E-state index < -0.39 is 0 Å². The Hall–Kier alpha value is -1.82. The van der Waals surface area contributed by atoms with Gasteiger partial charge in [0.15, 0.2) is 0 Å². The number of benzene rings is 2. The van der Waals surface area contributed by atoms with Gasteiger partial charge in [-0.25, -0.2) is 0 Å². The molecule has 0 radical (unpaired) electrons. The molecule has 0 saturated carbocycles. The zero-order valence-corrected chi connectivity index (χ0v) is 10.8. The Labute approximate surface area is 109 Å². The number of rotatable bonds is 2. The summed E-state index contributed by atoms with van der Waals surface area (Å²) in [5.41, 5.74) is 4.41. The van der Waals surface area contributed by atoms with Gasteiger partial charge in [0.05, 0.1) is 0 Å². The standard InChI is InChI=1S/C18H18/c1-15-12-13-18(14-15,16-8-4-2-5-9-16)17-10-6-3-7-11-17/h2-11,14H,12-13H2,1H3. The molecule has 0 atom stereocenters. The van der Waals surface area contributed by atoms with E-state index in [-0.39, 0.29) is 5.41 Å². The van der Waals surface area contributed by atoms with E-state index in [4.69, 9.17) is 0 Å². The predicted molar refractivity (Wildman–Crippen MR) is 76.7 cm³/mol. The third-order valence-electron chi connectivity index (χ3n) is 3.98. The Morgan fingerprint density at radius 3 is 1.67 bits per heavy atom. The zero-order chi connectivity index (χ0) is 12.4. The highest BCUT2D eigenvalue weighted by molar-refractivity contribution is 5.47. The van der Waals surface area contributed by atoms with Crippen molar-refractivity contribution < 1.29 is 0 Å². The van der Waals surface area contributed by atoms with E-state index in [1.165, 1.54) is 29.5 Å². The summed E-state index contributed by atoms with van der Waals surface area (Å²) < 4.78 is 0. The fraction of sp³-hybridized carbons (Fsp3) is 0.222. The van der Waals surface area contributed by atoms with Crippen LogP contribution in [0.5, 0.6) is 0 Å². The number of hydrogen-bond acceptors (Lipinski definition) is 0. The van der Waals surface area contributed by atoms with Crippen LogP contribution >= 0.6 is 0 Å². The van der Waals surface area contributed by atoms with Gasteiger partial charge in [-0.1, -0.05) is 72.3 Å². The first-order valence-electron chi connectivity index (χ1n) is 6.61. The maximum absolute atomic E-state index is 2.46. The van der Waals surface area contributed by atoms with Gasteiger partial charge >= 0.3 is 0 Å². The summed E-state index contributed by atoms with van der Waals surface area (Å²) in [6.45, 7) is 2.24. The van der Waals surface area contributed by atoms with Crippen molar-refractivity contribution in [1.82, 2.24) is 0 Å². The van der Waals surface area contributed by atoms with Crippen LogP contribution < -0.4 is 0 Å². The predicted octanol–water partition coefficient (Wildman–Crippen LogP) is 4.71. The highest BCUT2D eigenvalue weighted by Gasteiger charge is 2.35. The quantitative estimate of drug-likeness (QED) is 0.660. The molecule has 0 heterocycles. The van der Waals surface area contributed by atoms with Crippen molar-refractivity contribution in [2.75, 3.05) is 0 Å². The maximum atomic E-state index is 2.46. The summed E-state index contributed by atoms with van der Waals surface area (Å²) in [4.78, 5) is 0. The summed E-state index contributed by atoms with van der Waals surface area (Å²) in [5.74, 6) is 0. The van der Waals surface area contributed by atoms with Crippen molar-refractivity contribution >= 4 is 0 Å². The first-order chi connectivity index (χ1) is 8.81. The van der Waals surface area contributed by atoms with E-state index in [0.29, 0.717) is 0 Å². The highest BCUT2D eigenvalue weighted by atomic mass is 14.4. The zero-order valence-electron chi connectivity index (χ0n) is 10.8. The molecule has 2 aromatic carbocycles. The molecule has 1 aliphatic carbocycles. The molecule has 0 fully saturated rings. The molecule has 0 nitrogen and oxygen atoms in total. The van der Waals surface area contributed by atoms with Gasteiger partial charge in [-0.15, -0.1) is 0 Å².